The van der Waals surface area contributed by atoms with Gasteiger partial charge in [-0.15, -0.1) is 0 Å². The van der Waals surface area contributed by atoms with Gasteiger partial charge in [0.05, 0.1) is 19.8 Å². The third-order valence-corrected chi connectivity index (χ3v) is 8.54. The maximum atomic E-state index is 13.3. The molecule has 1 aliphatic heterocycles. The van der Waals surface area contributed by atoms with E-state index in [-0.39, 0.29) is 28.7 Å². The van der Waals surface area contributed by atoms with Crippen LogP contribution in [-0.4, -0.2) is 57.6 Å². The van der Waals surface area contributed by atoms with E-state index in [1.165, 1.54) is 36.7 Å². The number of ether oxygens (including phenoxy) is 2. The van der Waals surface area contributed by atoms with Crippen LogP contribution in [0.25, 0.3) is 0 Å². The molecule has 1 N–H and O–H groups in total. The minimum atomic E-state index is -3.75. The molecule has 0 bridgehead atoms. The average Bonchev–Trinajstić information content (AvgIpc) is 2.77. The molecule has 1 saturated carbocycles. The lowest BCUT2D eigenvalue weighted by Gasteiger charge is -2.32. The molecule has 3 rings (SSSR count). The monoisotopic (exact) mass is 452 g/mol. The van der Waals surface area contributed by atoms with Crippen molar-refractivity contribution in [2.24, 2.45) is 5.92 Å². The molecule has 1 aromatic carbocycles. The quantitative estimate of drug-likeness (QED) is 0.610. The molecule has 1 aliphatic carbocycles. The van der Waals surface area contributed by atoms with E-state index >= 15 is 0 Å². The van der Waals surface area contributed by atoms with Crippen LogP contribution in [0.1, 0.15) is 69.2 Å². The summed E-state index contributed by atoms with van der Waals surface area (Å²) in [5.41, 5.74) is 0.301. The molecule has 1 amide bonds. The van der Waals surface area contributed by atoms with Crippen LogP contribution >= 0.6 is 0 Å². The van der Waals surface area contributed by atoms with Crippen molar-refractivity contribution in [3.05, 3.63) is 23.8 Å². The van der Waals surface area contributed by atoms with Gasteiger partial charge in [-0.2, -0.15) is 4.31 Å². The molecule has 2 fully saturated rings. The molecular weight excluding hydrogens is 416 g/mol. The lowest BCUT2D eigenvalue weighted by atomic mass is 9.88. The Morgan fingerprint density at radius 1 is 1.13 bits per heavy atom. The standard InChI is InChI=1S/C23H36N2O5S/c1-17-8-4-5-10-20(17)30-15-13-24-23(26)19-11-12-21(29-3)22(16-19)31(27,28)25-14-7-6-9-18(25)2/h11-12,16-18,20H,4-10,13-15H2,1-3H3,(H,24,26). The maximum absolute atomic E-state index is 13.3. The number of sulfonamides is 1. The molecule has 31 heavy (non-hydrogen) atoms. The summed E-state index contributed by atoms with van der Waals surface area (Å²) in [7, 11) is -2.31. The molecule has 3 atom stereocenters. The summed E-state index contributed by atoms with van der Waals surface area (Å²) in [6.45, 7) is 5.46. The molecule has 1 aromatic rings. The van der Waals surface area contributed by atoms with E-state index in [0.717, 1.165) is 25.7 Å². The molecule has 174 valence electrons. The lowest BCUT2D eigenvalue weighted by molar-refractivity contribution is -0.00294. The zero-order valence-corrected chi connectivity index (χ0v) is 19.7. The van der Waals surface area contributed by atoms with E-state index in [4.69, 9.17) is 9.47 Å². The number of nitrogens with zero attached hydrogens (tertiary/aromatic N) is 1. The molecule has 1 heterocycles. The highest BCUT2D eigenvalue weighted by Gasteiger charge is 2.33. The Morgan fingerprint density at radius 2 is 1.87 bits per heavy atom. The van der Waals surface area contributed by atoms with E-state index in [0.29, 0.717) is 31.2 Å². The Bertz CT molecular complexity index is 858. The Balaban J connectivity index is 1.65. The Kier molecular flexibility index (Phi) is 8.36. The first-order chi connectivity index (χ1) is 14.8. The Morgan fingerprint density at radius 3 is 2.58 bits per heavy atom. The second kappa shape index (κ2) is 10.8. The zero-order valence-electron chi connectivity index (χ0n) is 18.9. The fourth-order valence-corrected chi connectivity index (χ4v) is 6.46. The van der Waals surface area contributed by atoms with Gasteiger partial charge >= 0.3 is 0 Å². The summed E-state index contributed by atoms with van der Waals surface area (Å²) in [5, 5.41) is 2.84. The van der Waals surface area contributed by atoms with Crippen LogP contribution in [0, 0.1) is 5.92 Å². The van der Waals surface area contributed by atoms with Crippen molar-refractivity contribution in [1.82, 2.24) is 9.62 Å². The van der Waals surface area contributed by atoms with Crippen molar-refractivity contribution < 1.29 is 22.7 Å². The second-order valence-corrected chi connectivity index (χ2v) is 10.6. The fraction of sp³-hybridized carbons (Fsp3) is 0.696. The van der Waals surface area contributed by atoms with Crippen LogP contribution in [0.5, 0.6) is 5.75 Å². The summed E-state index contributed by atoms with van der Waals surface area (Å²) in [6.07, 6.45) is 7.67. The predicted octanol–water partition coefficient (Wildman–Crippen LogP) is 3.58. The predicted molar refractivity (Wildman–Crippen MR) is 120 cm³/mol. The smallest absolute Gasteiger partial charge is 0.251 e. The highest BCUT2D eigenvalue weighted by molar-refractivity contribution is 7.89. The number of hydrogen-bond donors (Lipinski definition) is 1. The highest BCUT2D eigenvalue weighted by Crippen LogP contribution is 2.31. The first-order valence-electron chi connectivity index (χ1n) is 11.4. The van der Waals surface area contributed by atoms with Gasteiger partial charge in [-0.25, -0.2) is 8.42 Å². The summed E-state index contributed by atoms with van der Waals surface area (Å²) >= 11 is 0. The van der Waals surface area contributed by atoms with Crippen LogP contribution < -0.4 is 10.1 Å². The number of benzene rings is 1. The summed E-state index contributed by atoms with van der Waals surface area (Å²) < 4.78 is 39.4. The molecule has 0 aromatic heterocycles. The molecule has 8 heteroatoms. The van der Waals surface area contributed by atoms with Crippen molar-refractivity contribution in [3.8, 4) is 5.75 Å². The molecule has 0 spiro atoms. The molecule has 2 aliphatic rings. The first kappa shape index (κ1) is 24.0. The van der Waals surface area contributed by atoms with Gasteiger partial charge in [-0.1, -0.05) is 26.2 Å². The Labute approximate surface area is 186 Å². The van der Waals surface area contributed by atoms with Crippen LogP contribution in [-0.2, 0) is 14.8 Å². The minimum absolute atomic E-state index is 0.0451. The number of rotatable bonds is 8. The summed E-state index contributed by atoms with van der Waals surface area (Å²) in [6, 6.07) is 4.50. The number of methoxy groups -OCH3 is 1. The van der Waals surface area contributed by atoms with E-state index in [9.17, 15) is 13.2 Å². The van der Waals surface area contributed by atoms with Crippen molar-refractivity contribution >= 4 is 15.9 Å². The maximum Gasteiger partial charge on any atom is 0.251 e. The zero-order chi connectivity index (χ0) is 22.4. The van der Waals surface area contributed by atoms with Crippen LogP contribution in [0.3, 0.4) is 0 Å². The van der Waals surface area contributed by atoms with Gasteiger partial charge in [0.1, 0.15) is 10.6 Å². The van der Waals surface area contributed by atoms with Gasteiger partial charge < -0.3 is 14.8 Å². The average molecular weight is 453 g/mol. The molecular formula is C23H36N2O5S. The highest BCUT2D eigenvalue weighted by atomic mass is 32.2. The normalized spacial score (nSPS) is 25.2. The minimum Gasteiger partial charge on any atom is -0.495 e. The van der Waals surface area contributed by atoms with Gasteiger partial charge in [-0.3, -0.25) is 4.79 Å². The van der Waals surface area contributed by atoms with E-state index in [1.807, 2.05) is 6.92 Å². The van der Waals surface area contributed by atoms with Gasteiger partial charge in [0.15, 0.2) is 0 Å². The van der Waals surface area contributed by atoms with Crippen molar-refractivity contribution in [1.29, 1.82) is 0 Å². The van der Waals surface area contributed by atoms with Gasteiger partial charge in [0.2, 0.25) is 10.0 Å². The summed E-state index contributed by atoms with van der Waals surface area (Å²) in [5.74, 6) is 0.492. The molecule has 3 unspecified atom stereocenters. The third-order valence-electron chi connectivity index (χ3n) is 6.51. The Hall–Kier alpha value is -1.64. The van der Waals surface area contributed by atoms with Crippen LogP contribution in [0.4, 0.5) is 0 Å². The number of amides is 1. The van der Waals surface area contributed by atoms with Crippen LogP contribution in [0.2, 0.25) is 0 Å². The third kappa shape index (κ3) is 5.79. The van der Waals surface area contributed by atoms with Gasteiger partial charge in [-0.05, 0) is 56.7 Å². The topological polar surface area (TPSA) is 84.9 Å². The number of carbonyl (C=O) groups is 1. The van der Waals surface area contributed by atoms with E-state index in [1.54, 1.807) is 12.1 Å². The van der Waals surface area contributed by atoms with E-state index < -0.39 is 10.0 Å². The van der Waals surface area contributed by atoms with Crippen molar-refractivity contribution in [2.45, 2.75) is 75.8 Å². The van der Waals surface area contributed by atoms with Gasteiger partial charge in [0.25, 0.3) is 5.91 Å². The second-order valence-electron chi connectivity index (χ2n) is 8.75. The van der Waals surface area contributed by atoms with Crippen molar-refractivity contribution in [2.75, 3.05) is 26.8 Å². The number of nitrogens with one attached hydrogen (secondary N) is 1. The molecule has 1 saturated heterocycles. The SMILES string of the molecule is COc1ccc(C(=O)NCCOC2CCCCC2C)cc1S(=O)(=O)N1CCCCC1C. The molecule has 7 nitrogen and oxygen atoms in total. The summed E-state index contributed by atoms with van der Waals surface area (Å²) in [4.78, 5) is 12.7. The van der Waals surface area contributed by atoms with Crippen molar-refractivity contribution in [3.63, 3.8) is 0 Å². The number of piperidine rings is 1. The van der Waals surface area contributed by atoms with Gasteiger partial charge in [0, 0.05) is 24.7 Å². The lowest BCUT2D eigenvalue weighted by Crippen LogP contribution is -2.42. The van der Waals surface area contributed by atoms with E-state index in [2.05, 4.69) is 12.2 Å². The molecule has 0 radical (unpaired) electrons. The first-order valence-corrected chi connectivity index (χ1v) is 12.9. The largest absolute Gasteiger partial charge is 0.495 e. The fourth-order valence-electron chi connectivity index (χ4n) is 4.58. The van der Waals surface area contributed by atoms with Crippen LogP contribution in [0.15, 0.2) is 23.1 Å². The number of hydrogen-bond acceptors (Lipinski definition) is 5. The number of carbonyl (C=O) groups excluding carboxylic acids is 1.